The Labute approximate surface area is 102 Å². The zero-order chi connectivity index (χ0) is 11.8. The maximum absolute atomic E-state index is 13.6. The monoisotopic (exact) mass is 246 g/mol. The zero-order valence-corrected chi connectivity index (χ0v) is 9.53. The van der Waals surface area contributed by atoms with Gasteiger partial charge in [-0.3, -0.25) is 0 Å². The van der Waals surface area contributed by atoms with E-state index in [2.05, 4.69) is 4.98 Å². The molecule has 0 unspecified atom stereocenters. The van der Waals surface area contributed by atoms with Crippen molar-refractivity contribution in [2.45, 2.75) is 0 Å². The number of rotatable bonds is 1. The van der Waals surface area contributed by atoms with Crippen molar-refractivity contribution in [1.82, 2.24) is 9.38 Å². The van der Waals surface area contributed by atoms with Crippen LogP contribution in [0, 0.1) is 5.82 Å². The summed E-state index contributed by atoms with van der Waals surface area (Å²) in [7, 11) is 0. The van der Waals surface area contributed by atoms with E-state index >= 15 is 0 Å². The molecular formula is C13H8ClFN2. The van der Waals surface area contributed by atoms with Crippen LogP contribution in [0.3, 0.4) is 0 Å². The van der Waals surface area contributed by atoms with Gasteiger partial charge in [-0.2, -0.15) is 0 Å². The van der Waals surface area contributed by atoms with Gasteiger partial charge in [0.25, 0.3) is 0 Å². The van der Waals surface area contributed by atoms with E-state index in [1.807, 2.05) is 12.3 Å². The van der Waals surface area contributed by atoms with Crippen LogP contribution in [0.5, 0.6) is 0 Å². The van der Waals surface area contributed by atoms with E-state index in [1.54, 1.807) is 34.9 Å². The van der Waals surface area contributed by atoms with E-state index in [-0.39, 0.29) is 5.82 Å². The standard InChI is InChI=1S/C13H8ClFN2/c14-10-5-3-7-17-8-12(16-13(10)17)9-4-1-2-6-11(9)15/h1-8H. The number of hydrogen-bond acceptors (Lipinski definition) is 1. The Bertz CT molecular complexity index is 691. The second kappa shape index (κ2) is 3.86. The van der Waals surface area contributed by atoms with Gasteiger partial charge >= 0.3 is 0 Å². The van der Waals surface area contributed by atoms with E-state index in [0.29, 0.717) is 21.9 Å². The molecule has 4 heteroatoms. The third-order valence-corrected chi connectivity index (χ3v) is 2.88. The highest BCUT2D eigenvalue weighted by Gasteiger charge is 2.09. The quantitative estimate of drug-likeness (QED) is 0.639. The van der Waals surface area contributed by atoms with Crippen LogP contribution in [-0.2, 0) is 0 Å². The van der Waals surface area contributed by atoms with Gasteiger partial charge in [-0.15, -0.1) is 0 Å². The summed E-state index contributed by atoms with van der Waals surface area (Å²) in [4.78, 5) is 4.33. The molecule has 0 N–H and O–H groups in total. The third kappa shape index (κ3) is 1.68. The smallest absolute Gasteiger partial charge is 0.156 e. The molecule has 0 aliphatic rings. The maximum Gasteiger partial charge on any atom is 0.156 e. The summed E-state index contributed by atoms with van der Waals surface area (Å²) in [5.41, 5.74) is 1.69. The molecule has 2 heterocycles. The Kier molecular flexibility index (Phi) is 2.34. The van der Waals surface area contributed by atoms with Crippen LogP contribution in [0.15, 0.2) is 48.8 Å². The predicted octanol–water partition coefficient (Wildman–Crippen LogP) is 3.79. The molecule has 1 aromatic carbocycles. The average Bonchev–Trinajstić information content (AvgIpc) is 2.75. The molecule has 0 saturated carbocycles. The number of nitrogens with zero attached hydrogens (tertiary/aromatic N) is 2. The second-order valence-corrected chi connectivity index (χ2v) is 4.10. The Morgan fingerprint density at radius 3 is 2.71 bits per heavy atom. The molecule has 3 aromatic rings. The number of fused-ring (bicyclic) bond motifs is 1. The lowest BCUT2D eigenvalue weighted by molar-refractivity contribution is 0.631. The lowest BCUT2D eigenvalue weighted by atomic mass is 10.1. The van der Waals surface area contributed by atoms with E-state index < -0.39 is 0 Å². The number of benzene rings is 1. The fourth-order valence-electron chi connectivity index (χ4n) is 1.78. The van der Waals surface area contributed by atoms with Gasteiger partial charge in [-0.05, 0) is 24.3 Å². The SMILES string of the molecule is Fc1ccccc1-c1cn2cccc(Cl)c2n1. The van der Waals surface area contributed by atoms with Gasteiger partial charge in [0.2, 0.25) is 0 Å². The highest BCUT2D eigenvalue weighted by molar-refractivity contribution is 6.33. The fourth-order valence-corrected chi connectivity index (χ4v) is 1.99. The molecule has 0 radical (unpaired) electrons. The molecular weight excluding hydrogens is 239 g/mol. The summed E-state index contributed by atoms with van der Waals surface area (Å²) in [5.74, 6) is -0.285. The molecule has 0 amide bonds. The Balaban J connectivity index is 2.26. The predicted molar refractivity (Wildman–Crippen MR) is 65.6 cm³/mol. The van der Waals surface area contributed by atoms with Crippen molar-refractivity contribution in [2.75, 3.05) is 0 Å². The summed E-state index contributed by atoms with van der Waals surface area (Å²) in [6.45, 7) is 0. The topological polar surface area (TPSA) is 17.3 Å². The molecule has 0 atom stereocenters. The van der Waals surface area contributed by atoms with Gasteiger partial charge in [0.15, 0.2) is 5.65 Å². The molecule has 0 aliphatic heterocycles. The summed E-state index contributed by atoms with van der Waals surface area (Å²) < 4.78 is 15.4. The molecule has 17 heavy (non-hydrogen) atoms. The number of pyridine rings is 1. The molecule has 2 aromatic heterocycles. The van der Waals surface area contributed by atoms with Gasteiger partial charge in [0.1, 0.15) is 5.82 Å². The number of aromatic nitrogens is 2. The van der Waals surface area contributed by atoms with Crippen molar-refractivity contribution in [1.29, 1.82) is 0 Å². The summed E-state index contributed by atoms with van der Waals surface area (Å²) >= 11 is 6.02. The van der Waals surface area contributed by atoms with Gasteiger partial charge < -0.3 is 4.40 Å². The Morgan fingerprint density at radius 1 is 1.12 bits per heavy atom. The molecule has 0 fully saturated rings. The molecule has 0 bridgehead atoms. The van der Waals surface area contributed by atoms with Gasteiger partial charge in [-0.25, -0.2) is 9.37 Å². The minimum atomic E-state index is -0.285. The van der Waals surface area contributed by atoms with Crippen LogP contribution >= 0.6 is 11.6 Å². The molecule has 84 valence electrons. The number of halogens is 2. The van der Waals surface area contributed by atoms with Crippen LogP contribution < -0.4 is 0 Å². The van der Waals surface area contributed by atoms with Crippen LogP contribution in [-0.4, -0.2) is 9.38 Å². The molecule has 2 nitrogen and oxygen atoms in total. The molecule has 0 saturated heterocycles. The van der Waals surface area contributed by atoms with Crippen molar-refractivity contribution in [3.05, 3.63) is 59.6 Å². The first kappa shape index (κ1) is 10.3. The average molecular weight is 247 g/mol. The lowest BCUT2D eigenvalue weighted by Crippen LogP contribution is -1.82. The summed E-state index contributed by atoms with van der Waals surface area (Å²) in [6.07, 6.45) is 3.60. The van der Waals surface area contributed by atoms with E-state index in [1.165, 1.54) is 6.07 Å². The Morgan fingerprint density at radius 2 is 1.94 bits per heavy atom. The van der Waals surface area contributed by atoms with Crippen molar-refractivity contribution in [3.63, 3.8) is 0 Å². The van der Waals surface area contributed by atoms with Gasteiger partial charge in [0.05, 0.1) is 10.7 Å². The van der Waals surface area contributed by atoms with E-state index in [9.17, 15) is 4.39 Å². The minimum absolute atomic E-state index is 0.285. The number of imidazole rings is 1. The van der Waals surface area contributed by atoms with Gasteiger partial charge in [0, 0.05) is 18.0 Å². The Hall–Kier alpha value is -1.87. The second-order valence-electron chi connectivity index (χ2n) is 3.69. The third-order valence-electron chi connectivity index (χ3n) is 2.58. The minimum Gasteiger partial charge on any atom is -0.305 e. The van der Waals surface area contributed by atoms with Crippen molar-refractivity contribution in [3.8, 4) is 11.3 Å². The number of hydrogen-bond donors (Lipinski definition) is 0. The van der Waals surface area contributed by atoms with Crippen LogP contribution in [0.25, 0.3) is 16.9 Å². The normalized spacial score (nSPS) is 10.9. The molecule has 0 aliphatic carbocycles. The lowest BCUT2D eigenvalue weighted by Gasteiger charge is -1.96. The summed E-state index contributed by atoms with van der Waals surface area (Å²) in [5, 5.41) is 0.551. The van der Waals surface area contributed by atoms with Crippen LogP contribution in [0.4, 0.5) is 4.39 Å². The van der Waals surface area contributed by atoms with Crippen molar-refractivity contribution < 1.29 is 4.39 Å². The zero-order valence-electron chi connectivity index (χ0n) is 8.77. The largest absolute Gasteiger partial charge is 0.305 e. The van der Waals surface area contributed by atoms with E-state index in [4.69, 9.17) is 11.6 Å². The summed E-state index contributed by atoms with van der Waals surface area (Å²) in [6, 6.07) is 10.1. The highest BCUT2D eigenvalue weighted by Crippen LogP contribution is 2.24. The van der Waals surface area contributed by atoms with Gasteiger partial charge in [-0.1, -0.05) is 23.7 Å². The maximum atomic E-state index is 13.6. The van der Waals surface area contributed by atoms with E-state index in [0.717, 1.165) is 0 Å². The first-order valence-corrected chi connectivity index (χ1v) is 5.51. The first-order valence-electron chi connectivity index (χ1n) is 5.14. The first-order chi connectivity index (χ1) is 8.25. The van der Waals surface area contributed by atoms with Crippen LogP contribution in [0.1, 0.15) is 0 Å². The van der Waals surface area contributed by atoms with Crippen molar-refractivity contribution >= 4 is 17.2 Å². The molecule has 0 spiro atoms. The highest BCUT2D eigenvalue weighted by atomic mass is 35.5. The molecule has 3 rings (SSSR count). The van der Waals surface area contributed by atoms with Crippen LogP contribution in [0.2, 0.25) is 5.02 Å². The fraction of sp³-hybridized carbons (Fsp3) is 0. The van der Waals surface area contributed by atoms with Crippen molar-refractivity contribution in [2.24, 2.45) is 0 Å².